The third-order valence-electron chi connectivity index (χ3n) is 6.02. The van der Waals surface area contributed by atoms with Crippen LogP contribution in [0, 0.1) is 0 Å². The number of ether oxygens (including phenoxy) is 5. The quantitative estimate of drug-likeness (QED) is 0.108. The van der Waals surface area contributed by atoms with E-state index in [0.717, 1.165) is 30.8 Å². The van der Waals surface area contributed by atoms with Crippen molar-refractivity contribution in [2.45, 2.75) is 70.8 Å². The van der Waals surface area contributed by atoms with E-state index in [4.69, 9.17) is 24.7 Å². The summed E-state index contributed by atoms with van der Waals surface area (Å²) < 4.78 is 53.3. The van der Waals surface area contributed by atoms with E-state index in [1.165, 1.54) is 19.9 Å². The lowest BCUT2D eigenvalue weighted by Crippen LogP contribution is -2.43. The first-order valence-corrected chi connectivity index (χ1v) is 15.6. The second-order valence-corrected chi connectivity index (χ2v) is 12.2. The Morgan fingerprint density at radius 3 is 2.41 bits per heavy atom. The molecule has 0 aliphatic rings. The number of carbonyl (C=O) groups excluding carboxylic acids is 4. The lowest BCUT2D eigenvalue weighted by Gasteiger charge is -2.23. The topological polar surface area (TPSA) is 219 Å². The predicted octanol–water partition coefficient (Wildman–Crippen LogP) is 2.66. The van der Waals surface area contributed by atoms with Crippen LogP contribution in [0.5, 0.6) is 11.5 Å². The molecule has 0 radical (unpaired) electrons. The minimum Gasteiger partial charge on any atom is -0.507 e. The highest BCUT2D eigenvalue weighted by Gasteiger charge is 2.35. The summed E-state index contributed by atoms with van der Waals surface area (Å²) in [7, 11) is -4.25. The van der Waals surface area contributed by atoms with Crippen molar-refractivity contribution >= 4 is 40.2 Å². The van der Waals surface area contributed by atoms with E-state index in [2.05, 4.69) is 14.5 Å². The molecule has 0 saturated carbocycles. The minimum absolute atomic E-state index is 0.0892. The number of phenols is 1. The van der Waals surface area contributed by atoms with Crippen LogP contribution in [0.4, 0.5) is 4.79 Å². The van der Waals surface area contributed by atoms with Gasteiger partial charge in [0.2, 0.25) is 15.6 Å². The van der Waals surface area contributed by atoms with Crippen LogP contribution in [0.2, 0.25) is 0 Å². The van der Waals surface area contributed by atoms with Crippen molar-refractivity contribution in [3.63, 3.8) is 0 Å². The van der Waals surface area contributed by atoms with Gasteiger partial charge in [-0.25, -0.2) is 27.5 Å². The van der Waals surface area contributed by atoms with Crippen LogP contribution < -0.4 is 15.2 Å². The van der Waals surface area contributed by atoms with Gasteiger partial charge in [-0.15, -0.1) is 0 Å². The summed E-state index contributed by atoms with van der Waals surface area (Å²) in [5.41, 5.74) is 5.48. The first kappa shape index (κ1) is 37.6. The van der Waals surface area contributed by atoms with Gasteiger partial charge in [-0.05, 0) is 74.1 Å². The smallest absolute Gasteiger partial charge is 0.437 e. The number of esters is 3. The number of phenolic OH excluding ortho intramolecular Hbond substituents is 1. The van der Waals surface area contributed by atoms with E-state index >= 15 is 0 Å². The fourth-order valence-corrected chi connectivity index (χ4v) is 4.92. The molecule has 0 aliphatic heterocycles. The van der Waals surface area contributed by atoms with Crippen LogP contribution in [-0.2, 0) is 49.8 Å². The summed E-state index contributed by atoms with van der Waals surface area (Å²) in [5.74, 6) is -2.34. The molecule has 2 rings (SSSR count). The number of amides is 1. The van der Waals surface area contributed by atoms with Crippen LogP contribution in [0.15, 0.2) is 46.3 Å². The number of nitrogens with one attached hydrogen (secondary N) is 1. The van der Waals surface area contributed by atoms with Crippen molar-refractivity contribution in [2.75, 3.05) is 19.8 Å². The van der Waals surface area contributed by atoms with Gasteiger partial charge in [-0.1, -0.05) is 26.0 Å². The monoisotopic (exact) mass is 665 g/mol. The number of carbonyl (C=O) groups is 4. The highest BCUT2D eigenvalue weighted by molar-refractivity contribution is 7.89. The fraction of sp³-hybridized carbons (Fsp3) is 0.433. The third-order valence-corrected chi connectivity index (χ3v) is 7.51. The predicted molar refractivity (Wildman–Crippen MR) is 164 cm³/mol. The average Bonchev–Trinajstić information content (AvgIpc) is 2.95. The Bertz CT molecular complexity index is 1550. The number of hydrogen-bond acceptors (Lipinski definition) is 13. The molecule has 2 aromatic rings. The summed E-state index contributed by atoms with van der Waals surface area (Å²) in [5, 5.41) is 10.3. The molecule has 0 fully saturated rings. The van der Waals surface area contributed by atoms with Gasteiger partial charge in [0, 0.05) is 19.7 Å². The van der Waals surface area contributed by atoms with E-state index in [1.807, 2.05) is 19.9 Å². The molecule has 0 spiro atoms. The Morgan fingerprint density at radius 1 is 1.09 bits per heavy atom. The lowest BCUT2D eigenvalue weighted by atomic mass is 10.00. The largest absolute Gasteiger partial charge is 0.507 e. The number of sulfonamides is 1. The molecule has 1 atom stereocenters. The van der Waals surface area contributed by atoms with Crippen molar-refractivity contribution in [2.24, 2.45) is 10.7 Å². The normalized spacial score (nSPS) is 12.4. The Morgan fingerprint density at radius 2 is 1.78 bits per heavy atom. The SMILES string of the molecule is CCOC(=O)COc1cc(C(C)C)ccc1CCNS(=O)(=O)c1cc(C=NC(=O)OC(N)OC(=O)C(C)(C)OC(C)=O)ccc1O. The van der Waals surface area contributed by atoms with Gasteiger partial charge in [-0.2, -0.15) is 4.99 Å². The third kappa shape index (κ3) is 11.8. The second-order valence-electron chi connectivity index (χ2n) is 10.5. The molecule has 0 bridgehead atoms. The van der Waals surface area contributed by atoms with Crippen LogP contribution in [-0.4, -0.2) is 75.5 Å². The molecule has 2 aromatic carbocycles. The molecule has 1 unspecified atom stereocenters. The lowest BCUT2D eigenvalue weighted by molar-refractivity contribution is -0.193. The van der Waals surface area contributed by atoms with Crippen molar-refractivity contribution < 1.29 is 56.4 Å². The molecule has 15 nitrogen and oxygen atoms in total. The van der Waals surface area contributed by atoms with E-state index in [9.17, 15) is 32.7 Å². The Hall–Kier alpha value is -4.54. The van der Waals surface area contributed by atoms with Gasteiger partial charge >= 0.3 is 30.4 Å². The number of rotatable bonds is 15. The summed E-state index contributed by atoms with van der Waals surface area (Å²) in [6.07, 6.45) is -2.04. The molecule has 46 heavy (non-hydrogen) atoms. The summed E-state index contributed by atoms with van der Waals surface area (Å²) in [4.78, 5) is 50.1. The number of nitrogens with zero attached hydrogens (tertiary/aromatic N) is 1. The van der Waals surface area contributed by atoms with Gasteiger partial charge in [-0.3, -0.25) is 10.5 Å². The van der Waals surface area contributed by atoms with Crippen LogP contribution in [0.25, 0.3) is 0 Å². The van der Waals surface area contributed by atoms with E-state index in [0.29, 0.717) is 11.3 Å². The number of aliphatic imine (C=N–C) groups is 1. The molecule has 0 aromatic heterocycles. The molecule has 1 amide bonds. The molecule has 0 aliphatic carbocycles. The van der Waals surface area contributed by atoms with Gasteiger partial charge in [0.1, 0.15) is 16.4 Å². The zero-order chi connectivity index (χ0) is 34.7. The highest BCUT2D eigenvalue weighted by atomic mass is 32.2. The van der Waals surface area contributed by atoms with Crippen molar-refractivity contribution in [1.29, 1.82) is 0 Å². The highest BCUT2D eigenvalue weighted by Crippen LogP contribution is 2.27. The average molecular weight is 666 g/mol. The minimum atomic E-state index is -4.25. The van der Waals surface area contributed by atoms with Crippen LogP contribution in [0.3, 0.4) is 0 Å². The fourth-order valence-electron chi connectivity index (χ4n) is 3.76. The zero-order valence-corrected chi connectivity index (χ0v) is 27.2. The van der Waals surface area contributed by atoms with Crippen molar-refractivity contribution in [1.82, 2.24) is 4.72 Å². The maximum atomic E-state index is 13.0. The van der Waals surface area contributed by atoms with Gasteiger partial charge in [0.05, 0.1) is 6.61 Å². The second kappa shape index (κ2) is 16.7. The van der Waals surface area contributed by atoms with Crippen LogP contribution >= 0.6 is 0 Å². The molecular formula is C30H39N3O12S. The molecule has 0 heterocycles. The molecule has 4 N–H and O–H groups in total. The van der Waals surface area contributed by atoms with Gasteiger partial charge in [0.15, 0.2) is 6.61 Å². The van der Waals surface area contributed by atoms with Crippen molar-refractivity contribution in [3.8, 4) is 11.5 Å². The van der Waals surface area contributed by atoms with E-state index in [-0.39, 0.29) is 37.7 Å². The summed E-state index contributed by atoms with van der Waals surface area (Å²) in [6, 6.07) is 8.90. The molecule has 252 valence electrons. The zero-order valence-electron chi connectivity index (χ0n) is 26.4. The Kier molecular flexibility index (Phi) is 13.6. The number of nitrogens with two attached hydrogens (primary N) is 1. The maximum absolute atomic E-state index is 13.0. The Balaban J connectivity index is 2.08. The van der Waals surface area contributed by atoms with E-state index < -0.39 is 56.7 Å². The first-order chi connectivity index (χ1) is 21.4. The molecular weight excluding hydrogens is 626 g/mol. The first-order valence-electron chi connectivity index (χ1n) is 14.1. The summed E-state index contributed by atoms with van der Waals surface area (Å²) >= 11 is 0. The van der Waals surface area contributed by atoms with Gasteiger partial charge < -0.3 is 28.8 Å². The van der Waals surface area contributed by atoms with Gasteiger partial charge in [0.25, 0.3) is 0 Å². The van der Waals surface area contributed by atoms with E-state index in [1.54, 1.807) is 19.1 Å². The Labute approximate surface area is 267 Å². The summed E-state index contributed by atoms with van der Waals surface area (Å²) in [6.45, 7) is 9.07. The number of hydrogen-bond donors (Lipinski definition) is 3. The molecule has 16 heteroatoms. The standard InChI is InChI=1S/C30H39N3O12S/c1-7-41-26(36)17-42-24-15-22(18(2)3)10-9-21(24)12-13-33-46(39,40)25-14-20(8-11-23(25)35)16-32-29(38)44-28(31)43-27(37)30(5,6)45-19(4)34/h8-11,14-16,18,28,33,35H,7,12-13,17,31H2,1-6H3. The molecule has 0 saturated heterocycles. The number of benzene rings is 2. The maximum Gasteiger partial charge on any atom is 0.437 e. The van der Waals surface area contributed by atoms with Crippen molar-refractivity contribution in [3.05, 3.63) is 53.1 Å². The van der Waals surface area contributed by atoms with Crippen LogP contribution in [0.1, 0.15) is 64.2 Å². The number of aromatic hydroxyl groups is 1.